The van der Waals surface area contributed by atoms with Gasteiger partial charge in [-0.15, -0.1) is 0 Å². The Bertz CT molecular complexity index is 1820. The summed E-state index contributed by atoms with van der Waals surface area (Å²) in [5.41, 5.74) is 5.66. The average Bonchev–Trinajstić information content (AvgIpc) is 3.14. The molecule has 1 aromatic heterocycles. The fourth-order valence-corrected chi connectivity index (χ4v) is 7.11. The molecule has 0 amide bonds. The molecule has 6 rings (SSSR count). The minimum atomic E-state index is -3.63. The first kappa shape index (κ1) is 33.7. The molecule has 1 aliphatic heterocycles. The first-order valence-corrected chi connectivity index (χ1v) is 17.7. The molecule has 1 fully saturated rings. The smallest absolute Gasteiger partial charge is 0.240 e. The number of hydrogen-bond donors (Lipinski definition) is 2. The Morgan fingerprint density at radius 2 is 1.40 bits per heavy atom. The Kier molecular flexibility index (Phi) is 11.1. The Morgan fingerprint density at radius 1 is 0.750 bits per heavy atom. The molecule has 1 aliphatic rings. The molecule has 5 aromatic rings. The molecule has 48 heavy (non-hydrogen) atoms. The minimum absolute atomic E-state index is 0.0306. The van der Waals surface area contributed by atoms with Crippen LogP contribution >= 0.6 is 0 Å². The quantitative estimate of drug-likeness (QED) is 0.156. The molecule has 2 N–H and O–H groups in total. The van der Waals surface area contributed by atoms with E-state index in [0.29, 0.717) is 6.54 Å². The van der Waals surface area contributed by atoms with E-state index >= 15 is 0 Å². The highest BCUT2D eigenvalue weighted by molar-refractivity contribution is 7.89. The van der Waals surface area contributed by atoms with Gasteiger partial charge in [-0.2, -0.15) is 0 Å². The van der Waals surface area contributed by atoms with Crippen LogP contribution in [0.15, 0.2) is 138 Å². The number of nitrogens with zero attached hydrogens (tertiary/aromatic N) is 2. The Morgan fingerprint density at radius 3 is 2.06 bits per heavy atom. The third kappa shape index (κ3) is 8.43. The summed E-state index contributed by atoms with van der Waals surface area (Å²) >= 11 is 0. The van der Waals surface area contributed by atoms with Gasteiger partial charge in [0.15, 0.2) is 6.29 Å². The lowest BCUT2D eigenvalue weighted by Crippen LogP contribution is -2.43. The van der Waals surface area contributed by atoms with Crippen LogP contribution in [-0.2, 0) is 39.1 Å². The fourth-order valence-electron chi connectivity index (χ4n) is 6.07. The van der Waals surface area contributed by atoms with Crippen LogP contribution in [0.4, 0.5) is 0 Å². The van der Waals surface area contributed by atoms with E-state index < -0.39 is 16.3 Å². The largest absolute Gasteiger partial charge is 0.392 e. The predicted octanol–water partition coefficient (Wildman–Crippen LogP) is 6.17. The Labute approximate surface area is 283 Å². The second-order valence-corrected chi connectivity index (χ2v) is 13.9. The molecule has 4 aromatic carbocycles. The van der Waals surface area contributed by atoms with Crippen molar-refractivity contribution < 1.29 is 23.0 Å². The van der Waals surface area contributed by atoms with Gasteiger partial charge < -0.3 is 19.5 Å². The van der Waals surface area contributed by atoms with Crippen molar-refractivity contribution in [1.82, 2.24) is 14.6 Å². The van der Waals surface area contributed by atoms with E-state index in [1.807, 2.05) is 91.1 Å². The van der Waals surface area contributed by atoms with E-state index in [9.17, 15) is 13.5 Å². The lowest BCUT2D eigenvalue weighted by molar-refractivity contribution is -0.263. The van der Waals surface area contributed by atoms with Crippen LogP contribution in [0.1, 0.15) is 51.8 Å². The summed E-state index contributed by atoms with van der Waals surface area (Å²) in [5, 5.41) is 9.70. The highest BCUT2D eigenvalue weighted by atomic mass is 32.2. The van der Waals surface area contributed by atoms with Crippen molar-refractivity contribution in [2.45, 2.75) is 48.9 Å². The number of likely N-dealkylation sites (N-methyl/N-ethyl adjacent to an activating group) is 1. The third-order valence-corrected chi connectivity index (χ3v) is 10.1. The van der Waals surface area contributed by atoms with Gasteiger partial charge >= 0.3 is 0 Å². The van der Waals surface area contributed by atoms with Crippen molar-refractivity contribution in [3.8, 4) is 0 Å². The van der Waals surface area contributed by atoms with Gasteiger partial charge in [-0.05, 0) is 53.6 Å². The Hall–Kier alpha value is -4.22. The number of aromatic nitrogens is 1. The van der Waals surface area contributed by atoms with Crippen LogP contribution in [0.25, 0.3) is 0 Å². The first-order chi connectivity index (χ1) is 23.4. The summed E-state index contributed by atoms with van der Waals surface area (Å²) in [6, 6.07) is 40.3. The van der Waals surface area contributed by atoms with Gasteiger partial charge in [-0.1, -0.05) is 103 Å². The molecule has 1 unspecified atom stereocenters. The highest BCUT2D eigenvalue weighted by Crippen LogP contribution is 2.47. The Balaban J connectivity index is 1.26. The van der Waals surface area contributed by atoms with Crippen LogP contribution in [-0.4, -0.2) is 49.6 Å². The maximum atomic E-state index is 12.8. The van der Waals surface area contributed by atoms with Gasteiger partial charge in [-0.3, -0.25) is 4.98 Å². The number of pyridine rings is 1. The van der Waals surface area contributed by atoms with Crippen molar-refractivity contribution in [2.24, 2.45) is 0 Å². The summed E-state index contributed by atoms with van der Waals surface area (Å²) in [6.07, 6.45) is 1.44. The maximum Gasteiger partial charge on any atom is 0.240 e. The number of aliphatic hydroxyl groups excluding tert-OH is 1. The van der Waals surface area contributed by atoms with Crippen molar-refractivity contribution in [1.29, 1.82) is 0 Å². The van der Waals surface area contributed by atoms with Crippen molar-refractivity contribution >= 4 is 10.0 Å². The van der Waals surface area contributed by atoms with E-state index in [4.69, 9.17) is 9.47 Å². The number of ether oxygens (including phenoxy) is 2. The molecule has 248 valence electrons. The summed E-state index contributed by atoms with van der Waals surface area (Å²) in [4.78, 5) is 7.01. The highest BCUT2D eigenvalue weighted by Gasteiger charge is 2.42. The molecule has 9 heteroatoms. The lowest BCUT2D eigenvalue weighted by Gasteiger charge is -2.44. The van der Waals surface area contributed by atoms with E-state index in [2.05, 4.69) is 33.8 Å². The van der Waals surface area contributed by atoms with Gasteiger partial charge in [-0.25, -0.2) is 13.1 Å². The second-order valence-electron chi connectivity index (χ2n) is 12.1. The van der Waals surface area contributed by atoms with E-state index in [0.717, 1.165) is 46.5 Å². The van der Waals surface area contributed by atoms with Gasteiger partial charge in [0.1, 0.15) is 0 Å². The van der Waals surface area contributed by atoms with Gasteiger partial charge in [0, 0.05) is 49.4 Å². The lowest BCUT2D eigenvalue weighted by atomic mass is 9.83. The zero-order valence-electron chi connectivity index (χ0n) is 26.9. The third-order valence-electron chi connectivity index (χ3n) is 8.71. The van der Waals surface area contributed by atoms with Crippen LogP contribution in [0.5, 0.6) is 0 Å². The zero-order chi connectivity index (χ0) is 33.3. The van der Waals surface area contributed by atoms with Crippen molar-refractivity contribution in [2.75, 3.05) is 20.1 Å². The van der Waals surface area contributed by atoms with E-state index in [1.165, 1.54) is 0 Å². The topological polar surface area (TPSA) is 101 Å². The van der Waals surface area contributed by atoms with Gasteiger partial charge in [0.2, 0.25) is 10.0 Å². The molecule has 4 atom stereocenters. The predicted molar refractivity (Wildman–Crippen MR) is 185 cm³/mol. The molecule has 2 heterocycles. The van der Waals surface area contributed by atoms with Crippen molar-refractivity contribution in [3.05, 3.63) is 167 Å². The minimum Gasteiger partial charge on any atom is -0.392 e. The van der Waals surface area contributed by atoms with Crippen LogP contribution in [0.3, 0.4) is 0 Å². The summed E-state index contributed by atoms with van der Waals surface area (Å²) in [5.74, 6) is -0.105. The normalized spacial score (nSPS) is 19.7. The number of aliphatic hydroxyl groups is 1. The molecule has 0 bridgehead atoms. The number of benzene rings is 4. The molecule has 1 saturated heterocycles. The molecule has 0 saturated carbocycles. The fraction of sp³-hybridized carbons (Fsp3) is 0.256. The van der Waals surface area contributed by atoms with Gasteiger partial charge in [0.25, 0.3) is 0 Å². The number of rotatable bonds is 13. The standard InChI is InChI=1S/C39H41N3O5S/c1-42(25-23-34-12-8-9-24-40-34)27-36-37(31-10-4-2-5-11-31)38(32-19-17-30(28-43)18-20-32)47-39(46-36)33-21-15-29(16-22-33)26-41-48(44,45)35-13-6-3-7-14-35/h2-22,24,36-39,41,43H,23,25-28H2,1H3/t36-,37-,38+,39?/m1/s1. The average molecular weight is 664 g/mol. The van der Waals surface area contributed by atoms with Crippen molar-refractivity contribution in [3.63, 3.8) is 0 Å². The van der Waals surface area contributed by atoms with Crippen LogP contribution < -0.4 is 4.72 Å². The molecular formula is C39H41N3O5S. The zero-order valence-corrected chi connectivity index (χ0v) is 27.7. The van der Waals surface area contributed by atoms with Gasteiger partial charge in [0.05, 0.1) is 23.7 Å². The van der Waals surface area contributed by atoms with Crippen LogP contribution in [0.2, 0.25) is 0 Å². The molecule has 0 aliphatic carbocycles. The number of nitrogens with one attached hydrogen (secondary N) is 1. The monoisotopic (exact) mass is 663 g/mol. The summed E-state index contributed by atoms with van der Waals surface area (Å²) < 4.78 is 41.9. The molecular weight excluding hydrogens is 623 g/mol. The van der Waals surface area contributed by atoms with E-state index in [1.54, 1.807) is 30.3 Å². The first-order valence-electron chi connectivity index (χ1n) is 16.2. The molecule has 0 spiro atoms. The molecule has 8 nitrogen and oxygen atoms in total. The SMILES string of the molecule is CN(CCc1ccccn1)C[C@H]1OC(c2ccc(CNS(=O)(=O)c3ccccc3)cc2)O[C@@H](c2ccc(CO)cc2)[C@@H]1c1ccccc1. The second kappa shape index (κ2) is 15.8. The van der Waals surface area contributed by atoms with Crippen LogP contribution in [0, 0.1) is 0 Å². The maximum absolute atomic E-state index is 12.8. The summed E-state index contributed by atoms with van der Waals surface area (Å²) in [7, 11) is -1.52. The number of hydrogen-bond acceptors (Lipinski definition) is 7. The number of sulfonamides is 1. The van der Waals surface area contributed by atoms with E-state index in [-0.39, 0.29) is 36.2 Å². The molecule has 0 radical (unpaired) electrons. The summed E-state index contributed by atoms with van der Waals surface area (Å²) in [6.45, 7) is 1.60.